The predicted molar refractivity (Wildman–Crippen MR) is 159 cm³/mol. The van der Waals surface area contributed by atoms with Crippen molar-refractivity contribution in [1.82, 2.24) is 0 Å². The van der Waals surface area contributed by atoms with Crippen LogP contribution in [0.1, 0.15) is 166 Å². The molecule has 3 saturated carbocycles. The Morgan fingerprint density at radius 3 is 1.47 bits per heavy atom. The third kappa shape index (κ3) is 9.20. The van der Waals surface area contributed by atoms with E-state index in [1.54, 1.807) is 49.7 Å². The second-order valence-corrected chi connectivity index (χ2v) is 13.6. The van der Waals surface area contributed by atoms with E-state index in [-0.39, 0.29) is 0 Å². The van der Waals surface area contributed by atoms with Crippen LogP contribution in [0.15, 0.2) is 24.3 Å². The third-order valence-electron chi connectivity index (χ3n) is 11.0. The highest BCUT2D eigenvalue weighted by atomic mass is 14.3. The van der Waals surface area contributed by atoms with Crippen LogP contribution in [0.3, 0.4) is 0 Å². The van der Waals surface area contributed by atoms with Crippen LogP contribution in [0.2, 0.25) is 0 Å². The second-order valence-electron chi connectivity index (χ2n) is 13.6. The fourth-order valence-corrected chi connectivity index (χ4v) is 8.29. The van der Waals surface area contributed by atoms with Crippen molar-refractivity contribution in [1.29, 1.82) is 0 Å². The van der Waals surface area contributed by atoms with E-state index in [1.165, 1.54) is 103 Å². The lowest BCUT2D eigenvalue weighted by Gasteiger charge is -2.32. The van der Waals surface area contributed by atoms with Crippen LogP contribution < -0.4 is 0 Å². The molecule has 4 rings (SSSR count). The van der Waals surface area contributed by atoms with Gasteiger partial charge in [-0.3, -0.25) is 0 Å². The van der Waals surface area contributed by atoms with E-state index in [0.29, 0.717) is 0 Å². The lowest BCUT2D eigenvalue weighted by molar-refractivity contribution is 0.208. The summed E-state index contributed by atoms with van der Waals surface area (Å²) in [5, 5.41) is 0. The first-order valence-electron chi connectivity index (χ1n) is 16.8. The molecule has 3 fully saturated rings. The minimum Gasteiger partial charge on any atom is -0.0654 e. The summed E-state index contributed by atoms with van der Waals surface area (Å²) in [5.41, 5.74) is 3.21. The van der Waals surface area contributed by atoms with Gasteiger partial charge in [0.05, 0.1) is 0 Å². The van der Waals surface area contributed by atoms with Crippen LogP contribution in [0.5, 0.6) is 0 Å². The number of rotatable bonds is 13. The standard InChI is InChI=1S/C36H60/c1-3-5-6-8-30-9-11-31(12-10-30)13-14-32-15-17-33(18-16-32)19-20-34-23-27-36(28-24-34)35-25-21-29(7-4-2)22-26-35/h23-24,27-33,35H,3-22,25-26H2,1-2H3. The van der Waals surface area contributed by atoms with E-state index in [1.807, 2.05) is 0 Å². The number of aryl methyl sites for hydroxylation is 1. The molecule has 0 nitrogen and oxygen atoms in total. The topological polar surface area (TPSA) is 0 Å². The van der Waals surface area contributed by atoms with Crippen LogP contribution in [0.4, 0.5) is 0 Å². The lowest BCUT2D eigenvalue weighted by Crippen LogP contribution is -2.18. The van der Waals surface area contributed by atoms with Crippen molar-refractivity contribution in [3.8, 4) is 0 Å². The molecular weight excluding hydrogens is 432 g/mol. The molecule has 3 aliphatic carbocycles. The molecule has 0 saturated heterocycles. The molecule has 3 aliphatic rings. The Morgan fingerprint density at radius 1 is 0.472 bits per heavy atom. The SMILES string of the molecule is CCCCCC1CCC(CCC2CCC(CCc3ccc(C4CCC(CCC)CC4)cc3)CC2)CC1. The Bertz CT molecular complexity index is 677. The molecule has 0 bridgehead atoms. The first kappa shape index (κ1) is 28.2. The van der Waals surface area contributed by atoms with Gasteiger partial charge in [0.2, 0.25) is 0 Å². The first-order valence-corrected chi connectivity index (χ1v) is 16.8. The summed E-state index contributed by atoms with van der Waals surface area (Å²) in [6, 6.07) is 9.90. The molecule has 0 unspecified atom stereocenters. The summed E-state index contributed by atoms with van der Waals surface area (Å²) >= 11 is 0. The molecule has 1 aromatic rings. The normalized spacial score (nSPS) is 31.4. The zero-order chi connectivity index (χ0) is 25.0. The fourth-order valence-electron chi connectivity index (χ4n) is 8.29. The quantitative estimate of drug-likeness (QED) is 0.240. The number of unbranched alkanes of at least 4 members (excludes halogenated alkanes) is 2. The number of benzene rings is 1. The molecule has 0 radical (unpaired) electrons. The van der Waals surface area contributed by atoms with Gasteiger partial charge in [0.15, 0.2) is 0 Å². The predicted octanol–water partition coefficient (Wildman–Crippen LogP) is 11.7. The maximum Gasteiger partial charge on any atom is -0.0162 e. The largest absolute Gasteiger partial charge is 0.0654 e. The summed E-state index contributed by atoms with van der Waals surface area (Å²) in [5.74, 6) is 6.04. The van der Waals surface area contributed by atoms with Crippen LogP contribution in [-0.4, -0.2) is 0 Å². The summed E-state index contributed by atoms with van der Waals surface area (Å²) in [7, 11) is 0. The average Bonchev–Trinajstić information content (AvgIpc) is 2.93. The second kappa shape index (κ2) is 15.6. The van der Waals surface area contributed by atoms with Crippen molar-refractivity contribution in [2.45, 2.75) is 161 Å². The molecule has 204 valence electrons. The molecule has 0 aromatic heterocycles. The lowest BCUT2D eigenvalue weighted by atomic mass is 9.74. The smallest absolute Gasteiger partial charge is 0.0162 e. The van der Waals surface area contributed by atoms with Gasteiger partial charge in [-0.1, -0.05) is 141 Å². The number of hydrogen-bond acceptors (Lipinski definition) is 0. The van der Waals surface area contributed by atoms with E-state index in [2.05, 4.69) is 38.1 Å². The molecule has 0 heteroatoms. The minimum atomic E-state index is 0.836. The molecular formula is C36H60. The molecule has 36 heavy (non-hydrogen) atoms. The fraction of sp³-hybridized carbons (Fsp3) is 0.833. The van der Waals surface area contributed by atoms with Gasteiger partial charge in [0.25, 0.3) is 0 Å². The Hall–Kier alpha value is -0.780. The average molecular weight is 493 g/mol. The van der Waals surface area contributed by atoms with Crippen LogP contribution in [0, 0.1) is 29.6 Å². The monoisotopic (exact) mass is 492 g/mol. The third-order valence-corrected chi connectivity index (χ3v) is 11.0. The van der Waals surface area contributed by atoms with Crippen molar-refractivity contribution in [3.63, 3.8) is 0 Å². The zero-order valence-electron chi connectivity index (χ0n) is 24.3. The Balaban J connectivity index is 1.06. The van der Waals surface area contributed by atoms with Gasteiger partial charge >= 0.3 is 0 Å². The van der Waals surface area contributed by atoms with Gasteiger partial charge in [-0.05, 0) is 85.2 Å². The summed E-state index contributed by atoms with van der Waals surface area (Å²) in [6.07, 6.45) is 32.5. The highest BCUT2D eigenvalue weighted by molar-refractivity contribution is 5.26. The molecule has 0 N–H and O–H groups in total. The summed E-state index contributed by atoms with van der Waals surface area (Å²) in [6.45, 7) is 4.68. The van der Waals surface area contributed by atoms with Crippen molar-refractivity contribution >= 4 is 0 Å². The van der Waals surface area contributed by atoms with Crippen molar-refractivity contribution in [2.24, 2.45) is 29.6 Å². The zero-order valence-corrected chi connectivity index (χ0v) is 24.3. The summed E-state index contributed by atoms with van der Waals surface area (Å²) < 4.78 is 0. The number of hydrogen-bond donors (Lipinski definition) is 0. The maximum atomic E-state index is 2.48. The van der Waals surface area contributed by atoms with Gasteiger partial charge in [-0.25, -0.2) is 0 Å². The van der Waals surface area contributed by atoms with E-state index in [9.17, 15) is 0 Å². The molecule has 1 aromatic carbocycles. The highest BCUT2D eigenvalue weighted by Gasteiger charge is 2.25. The minimum absolute atomic E-state index is 0.836. The molecule has 0 aliphatic heterocycles. The van der Waals surface area contributed by atoms with Gasteiger partial charge in [-0.2, -0.15) is 0 Å². The van der Waals surface area contributed by atoms with Gasteiger partial charge in [0.1, 0.15) is 0 Å². The molecule has 0 heterocycles. The Morgan fingerprint density at radius 2 is 0.944 bits per heavy atom. The van der Waals surface area contributed by atoms with Crippen LogP contribution in [0.25, 0.3) is 0 Å². The highest BCUT2D eigenvalue weighted by Crippen LogP contribution is 2.39. The Labute approximate surface area is 225 Å². The van der Waals surface area contributed by atoms with Gasteiger partial charge in [0, 0.05) is 0 Å². The van der Waals surface area contributed by atoms with E-state index in [0.717, 1.165) is 35.5 Å². The van der Waals surface area contributed by atoms with Gasteiger partial charge < -0.3 is 0 Å². The molecule has 0 atom stereocenters. The van der Waals surface area contributed by atoms with Gasteiger partial charge in [-0.15, -0.1) is 0 Å². The first-order chi connectivity index (χ1) is 17.7. The van der Waals surface area contributed by atoms with Crippen molar-refractivity contribution in [2.75, 3.05) is 0 Å². The maximum absolute atomic E-state index is 2.48. The van der Waals surface area contributed by atoms with E-state index >= 15 is 0 Å². The van der Waals surface area contributed by atoms with E-state index in [4.69, 9.17) is 0 Å². The summed E-state index contributed by atoms with van der Waals surface area (Å²) in [4.78, 5) is 0. The van der Waals surface area contributed by atoms with Crippen LogP contribution in [-0.2, 0) is 6.42 Å². The molecule has 0 amide bonds. The van der Waals surface area contributed by atoms with E-state index < -0.39 is 0 Å². The van der Waals surface area contributed by atoms with Crippen molar-refractivity contribution in [3.05, 3.63) is 35.4 Å². The van der Waals surface area contributed by atoms with Crippen LogP contribution >= 0.6 is 0 Å². The Kier molecular flexibility index (Phi) is 12.2. The van der Waals surface area contributed by atoms with Crippen molar-refractivity contribution < 1.29 is 0 Å². The molecule has 0 spiro atoms.